The molecule has 0 spiro atoms. The molecule has 0 aliphatic rings. The molecule has 0 saturated heterocycles. The lowest BCUT2D eigenvalue weighted by Crippen LogP contribution is -2.35. The zero-order valence-corrected chi connectivity index (χ0v) is 10.1. The molecule has 1 aromatic rings. The van der Waals surface area contributed by atoms with E-state index in [0.29, 0.717) is 12.2 Å². The van der Waals surface area contributed by atoms with Crippen LogP contribution in [-0.4, -0.2) is 21.7 Å². The largest absolute Gasteiger partial charge is 0.396 e. The predicted molar refractivity (Wildman–Crippen MR) is 58.4 cm³/mol. The van der Waals surface area contributed by atoms with Crippen LogP contribution < -0.4 is 5.32 Å². The Balaban J connectivity index is 2.66. The van der Waals surface area contributed by atoms with Crippen molar-refractivity contribution >= 4 is 0 Å². The molecule has 0 aliphatic carbocycles. The summed E-state index contributed by atoms with van der Waals surface area (Å²) >= 11 is 0. The van der Waals surface area contributed by atoms with Crippen molar-refractivity contribution in [3.63, 3.8) is 0 Å². The Morgan fingerprint density at radius 1 is 1.24 bits per heavy atom. The standard InChI is InChI=1S/C11H16F3N3/c1-10(2,3)16-7-8-4-5-15-9(17-8)6-11(12,13)14/h4-5,16H,6-7H2,1-3H3. The highest BCUT2D eigenvalue weighted by Gasteiger charge is 2.29. The van der Waals surface area contributed by atoms with Crippen molar-refractivity contribution in [3.8, 4) is 0 Å². The average molecular weight is 247 g/mol. The number of hydrogen-bond acceptors (Lipinski definition) is 3. The van der Waals surface area contributed by atoms with E-state index in [1.807, 2.05) is 20.8 Å². The van der Waals surface area contributed by atoms with Gasteiger partial charge in [0, 0.05) is 18.3 Å². The molecule has 0 fully saturated rings. The molecule has 96 valence electrons. The van der Waals surface area contributed by atoms with Crippen LogP contribution in [0, 0.1) is 0 Å². The smallest absolute Gasteiger partial charge is 0.306 e. The molecule has 0 unspecified atom stereocenters. The summed E-state index contributed by atoms with van der Waals surface area (Å²) < 4.78 is 36.5. The van der Waals surface area contributed by atoms with Gasteiger partial charge in [-0.05, 0) is 26.8 Å². The Morgan fingerprint density at radius 2 is 1.88 bits per heavy atom. The first-order chi connectivity index (χ1) is 7.66. The number of alkyl halides is 3. The molecule has 1 heterocycles. The fraction of sp³-hybridized carbons (Fsp3) is 0.636. The number of nitrogens with one attached hydrogen (secondary N) is 1. The fourth-order valence-electron chi connectivity index (χ4n) is 1.16. The Bertz CT molecular complexity index is 369. The van der Waals surface area contributed by atoms with Crippen molar-refractivity contribution in [2.24, 2.45) is 0 Å². The Morgan fingerprint density at radius 3 is 2.41 bits per heavy atom. The number of hydrogen-bond donors (Lipinski definition) is 1. The lowest BCUT2D eigenvalue weighted by molar-refractivity contribution is -0.128. The molecule has 0 amide bonds. The summed E-state index contributed by atoms with van der Waals surface area (Å²) in [7, 11) is 0. The van der Waals surface area contributed by atoms with Crippen LogP contribution in [0.25, 0.3) is 0 Å². The molecule has 1 aromatic heterocycles. The molecular weight excluding hydrogens is 231 g/mol. The molecule has 0 atom stereocenters. The number of aromatic nitrogens is 2. The summed E-state index contributed by atoms with van der Waals surface area (Å²) in [5, 5.41) is 3.16. The number of rotatable bonds is 3. The Hall–Kier alpha value is -1.17. The number of halogens is 3. The lowest BCUT2D eigenvalue weighted by Gasteiger charge is -2.20. The molecule has 0 saturated carbocycles. The Kier molecular flexibility index (Phi) is 4.08. The van der Waals surface area contributed by atoms with Crippen molar-refractivity contribution < 1.29 is 13.2 Å². The summed E-state index contributed by atoms with van der Waals surface area (Å²) in [6, 6.07) is 1.61. The molecule has 0 radical (unpaired) electrons. The first kappa shape index (κ1) is 13.9. The lowest BCUT2D eigenvalue weighted by atomic mass is 10.1. The van der Waals surface area contributed by atoms with Crippen molar-refractivity contribution in [2.75, 3.05) is 0 Å². The van der Waals surface area contributed by atoms with Crippen LogP contribution in [0.1, 0.15) is 32.3 Å². The molecule has 3 nitrogen and oxygen atoms in total. The van der Waals surface area contributed by atoms with E-state index < -0.39 is 12.6 Å². The summed E-state index contributed by atoms with van der Waals surface area (Å²) in [6.45, 7) is 6.36. The average Bonchev–Trinajstić information content (AvgIpc) is 2.11. The van der Waals surface area contributed by atoms with Crippen LogP contribution in [0.4, 0.5) is 13.2 Å². The topological polar surface area (TPSA) is 37.8 Å². The first-order valence-corrected chi connectivity index (χ1v) is 5.28. The number of nitrogens with zero attached hydrogens (tertiary/aromatic N) is 2. The maximum absolute atomic E-state index is 12.2. The van der Waals surface area contributed by atoms with E-state index in [0.717, 1.165) is 0 Å². The van der Waals surface area contributed by atoms with Gasteiger partial charge in [0.05, 0.1) is 5.69 Å². The van der Waals surface area contributed by atoms with E-state index in [1.165, 1.54) is 6.20 Å². The molecule has 1 rings (SSSR count). The van der Waals surface area contributed by atoms with Gasteiger partial charge < -0.3 is 5.32 Å². The van der Waals surface area contributed by atoms with E-state index in [9.17, 15) is 13.2 Å². The van der Waals surface area contributed by atoms with E-state index >= 15 is 0 Å². The van der Waals surface area contributed by atoms with Gasteiger partial charge in [0.2, 0.25) is 0 Å². The van der Waals surface area contributed by atoms with Crippen LogP contribution in [-0.2, 0) is 13.0 Å². The Labute approximate surface area is 98.5 Å². The zero-order chi connectivity index (χ0) is 13.1. The van der Waals surface area contributed by atoms with Crippen LogP contribution in [0.3, 0.4) is 0 Å². The molecule has 6 heteroatoms. The summed E-state index contributed by atoms with van der Waals surface area (Å²) in [6.07, 6.45) is -4.00. The van der Waals surface area contributed by atoms with Crippen molar-refractivity contribution in [3.05, 3.63) is 23.8 Å². The molecule has 0 aromatic carbocycles. The molecule has 17 heavy (non-hydrogen) atoms. The van der Waals surface area contributed by atoms with Gasteiger partial charge in [0.25, 0.3) is 0 Å². The van der Waals surface area contributed by atoms with E-state index in [4.69, 9.17) is 0 Å². The highest BCUT2D eigenvalue weighted by Crippen LogP contribution is 2.19. The summed E-state index contributed by atoms with van der Waals surface area (Å²) in [5.41, 5.74) is 0.462. The van der Waals surface area contributed by atoms with Crippen molar-refractivity contribution in [1.29, 1.82) is 0 Å². The normalized spacial score (nSPS) is 12.8. The minimum atomic E-state index is -4.27. The molecular formula is C11H16F3N3. The third-order valence-corrected chi connectivity index (χ3v) is 1.92. The van der Waals surface area contributed by atoms with E-state index in [-0.39, 0.29) is 11.4 Å². The molecule has 0 aliphatic heterocycles. The second-order valence-electron chi connectivity index (χ2n) is 4.86. The summed E-state index contributed by atoms with van der Waals surface area (Å²) in [5.74, 6) is -0.189. The van der Waals surface area contributed by atoms with Crippen LogP contribution in [0.2, 0.25) is 0 Å². The van der Waals surface area contributed by atoms with Crippen LogP contribution >= 0.6 is 0 Å². The second-order valence-corrected chi connectivity index (χ2v) is 4.86. The predicted octanol–water partition coefficient (Wildman–Crippen LogP) is 2.47. The van der Waals surface area contributed by atoms with Gasteiger partial charge in [-0.2, -0.15) is 13.2 Å². The SMILES string of the molecule is CC(C)(C)NCc1ccnc(CC(F)(F)F)n1. The van der Waals surface area contributed by atoms with Gasteiger partial charge >= 0.3 is 6.18 Å². The monoisotopic (exact) mass is 247 g/mol. The second kappa shape index (κ2) is 5.00. The molecule has 1 N–H and O–H groups in total. The third kappa shape index (κ3) is 6.21. The van der Waals surface area contributed by atoms with Gasteiger partial charge in [-0.3, -0.25) is 0 Å². The van der Waals surface area contributed by atoms with Gasteiger partial charge in [0.1, 0.15) is 12.2 Å². The quantitative estimate of drug-likeness (QED) is 0.891. The maximum atomic E-state index is 12.2. The van der Waals surface area contributed by atoms with Crippen molar-refractivity contribution in [1.82, 2.24) is 15.3 Å². The van der Waals surface area contributed by atoms with Gasteiger partial charge in [0.15, 0.2) is 0 Å². The van der Waals surface area contributed by atoms with Crippen molar-refractivity contribution in [2.45, 2.75) is 45.5 Å². The minimum absolute atomic E-state index is 0.102. The third-order valence-electron chi connectivity index (χ3n) is 1.92. The van der Waals surface area contributed by atoms with Gasteiger partial charge in [-0.25, -0.2) is 9.97 Å². The summed E-state index contributed by atoms with van der Waals surface area (Å²) in [4.78, 5) is 7.48. The highest BCUT2D eigenvalue weighted by atomic mass is 19.4. The fourth-order valence-corrected chi connectivity index (χ4v) is 1.16. The van der Waals surface area contributed by atoms with Gasteiger partial charge in [-0.1, -0.05) is 0 Å². The minimum Gasteiger partial charge on any atom is -0.306 e. The van der Waals surface area contributed by atoms with Crippen LogP contribution in [0.5, 0.6) is 0 Å². The van der Waals surface area contributed by atoms with E-state index in [2.05, 4.69) is 15.3 Å². The highest BCUT2D eigenvalue weighted by molar-refractivity contribution is 5.03. The van der Waals surface area contributed by atoms with E-state index in [1.54, 1.807) is 6.07 Å². The van der Waals surface area contributed by atoms with Gasteiger partial charge in [-0.15, -0.1) is 0 Å². The molecule has 0 bridgehead atoms. The zero-order valence-electron chi connectivity index (χ0n) is 10.1. The van der Waals surface area contributed by atoms with Crippen LogP contribution in [0.15, 0.2) is 12.3 Å². The maximum Gasteiger partial charge on any atom is 0.396 e. The first-order valence-electron chi connectivity index (χ1n) is 5.28.